The molecule has 2 atom stereocenters. The average Bonchev–Trinajstić information content (AvgIpc) is 2.82. The van der Waals surface area contributed by atoms with E-state index in [1.165, 1.54) is 24.9 Å². The van der Waals surface area contributed by atoms with Crippen LogP contribution in [0.25, 0.3) is 0 Å². The van der Waals surface area contributed by atoms with E-state index < -0.39 is 0 Å². The van der Waals surface area contributed by atoms with Gasteiger partial charge in [0.25, 0.3) is 0 Å². The smallest absolute Gasteiger partial charge is 0.122 e. The lowest BCUT2D eigenvalue weighted by molar-refractivity contribution is 0.250. The van der Waals surface area contributed by atoms with Crippen molar-refractivity contribution in [2.45, 2.75) is 31.2 Å². The van der Waals surface area contributed by atoms with Crippen molar-refractivity contribution >= 4 is 0 Å². The predicted octanol–water partition coefficient (Wildman–Crippen LogP) is 2.30. The summed E-state index contributed by atoms with van der Waals surface area (Å²) >= 11 is 0. The number of ether oxygens (including phenoxy) is 1. The topological polar surface area (TPSA) is 21.3 Å². The molecule has 1 fully saturated rings. The molecule has 0 radical (unpaired) electrons. The van der Waals surface area contributed by atoms with E-state index >= 15 is 0 Å². The normalized spacial score (nSPS) is 29.6. The zero-order valence-corrected chi connectivity index (χ0v) is 8.91. The molecule has 0 aliphatic carbocycles. The summed E-state index contributed by atoms with van der Waals surface area (Å²) in [6, 6.07) is 9.17. The Morgan fingerprint density at radius 3 is 3.00 bits per heavy atom. The number of hydrogen-bond donors (Lipinski definition) is 1. The predicted molar refractivity (Wildman–Crippen MR) is 60.3 cm³/mol. The fraction of sp³-hybridized carbons (Fsp3) is 0.538. The summed E-state index contributed by atoms with van der Waals surface area (Å²) in [7, 11) is 0. The van der Waals surface area contributed by atoms with Crippen LogP contribution in [0.2, 0.25) is 0 Å². The van der Waals surface area contributed by atoms with Crippen molar-refractivity contribution in [2.24, 2.45) is 0 Å². The molecule has 0 unspecified atom stereocenters. The molecule has 1 aromatic carbocycles. The zero-order valence-electron chi connectivity index (χ0n) is 8.91. The Bertz CT molecular complexity index is 344. The molecule has 1 aromatic rings. The van der Waals surface area contributed by atoms with Gasteiger partial charge in [0.15, 0.2) is 0 Å². The van der Waals surface area contributed by atoms with E-state index in [1.54, 1.807) is 0 Å². The Hall–Kier alpha value is -1.02. The third-order valence-corrected chi connectivity index (χ3v) is 3.59. The van der Waals surface area contributed by atoms with Crippen LogP contribution in [0.5, 0.6) is 5.75 Å². The van der Waals surface area contributed by atoms with Gasteiger partial charge in [-0.1, -0.05) is 18.2 Å². The van der Waals surface area contributed by atoms with E-state index in [9.17, 15) is 0 Å². The van der Waals surface area contributed by atoms with Gasteiger partial charge in [-0.2, -0.15) is 0 Å². The first-order valence-corrected chi connectivity index (χ1v) is 5.90. The molecule has 2 heterocycles. The molecular weight excluding hydrogens is 186 g/mol. The molecule has 2 aliphatic rings. The fourth-order valence-corrected chi connectivity index (χ4v) is 2.84. The average molecular weight is 203 g/mol. The maximum atomic E-state index is 5.69. The molecule has 0 bridgehead atoms. The number of hydrogen-bond acceptors (Lipinski definition) is 2. The molecule has 1 saturated heterocycles. The van der Waals surface area contributed by atoms with E-state index in [4.69, 9.17) is 4.74 Å². The van der Waals surface area contributed by atoms with Crippen LogP contribution in [-0.4, -0.2) is 19.2 Å². The van der Waals surface area contributed by atoms with Crippen LogP contribution in [0.15, 0.2) is 24.3 Å². The van der Waals surface area contributed by atoms with E-state index in [0.29, 0.717) is 12.0 Å². The van der Waals surface area contributed by atoms with Gasteiger partial charge in [-0.05, 0) is 37.4 Å². The first-order chi connectivity index (χ1) is 7.45. The van der Waals surface area contributed by atoms with Crippen LogP contribution in [0.4, 0.5) is 0 Å². The molecule has 2 heteroatoms. The number of rotatable bonds is 1. The van der Waals surface area contributed by atoms with Gasteiger partial charge in [0.2, 0.25) is 0 Å². The summed E-state index contributed by atoms with van der Waals surface area (Å²) in [5.74, 6) is 1.76. The Morgan fingerprint density at radius 2 is 2.13 bits per heavy atom. The van der Waals surface area contributed by atoms with Gasteiger partial charge in [0.1, 0.15) is 5.75 Å². The zero-order chi connectivity index (χ0) is 10.1. The van der Waals surface area contributed by atoms with Crippen LogP contribution in [0, 0.1) is 0 Å². The lowest BCUT2D eigenvalue weighted by atomic mass is 9.86. The van der Waals surface area contributed by atoms with E-state index in [0.717, 1.165) is 18.8 Å². The van der Waals surface area contributed by atoms with Gasteiger partial charge >= 0.3 is 0 Å². The Balaban J connectivity index is 1.91. The highest BCUT2D eigenvalue weighted by Gasteiger charge is 2.30. The molecule has 3 rings (SSSR count). The van der Waals surface area contributed by atoms with Gasteiger partial charge in [0.05, 0.1) is 6.61 Å². The first kappa shape index (κ1) is 9.22. The van der Waals surface area contributed by atoms with Crippen LogP contribution in [0.3, 0.4) is 0 Å². The van der Waals surface area contributed by atoms with Crippen LogP contribution >= 0.6 is 0 Å². The van der Waals surface area contributed by atoms with Gasteiger partial charge in [-0.25, -0.2) is 0 Å². The lowest BCUT2D eigenvalue weighted by Crippen LogP contribution is -2.32. The fourth-order valence-electron chi connectivity index (χ4n) is 2.84. The van der Waals surface area contributed by atoms with Crippen molar-refractivity contribution in [2.75, 3.05) is 13.2 Å². The molecular formula is C13H17NO. The highest BCUT2D eigenvalue weighted by molar-refractivity contribution is 5.38. The Labute approximate surface area is 90.6 Å². The van der Waals surface area contributed by atoms with Gasteiger partial charge < -0.3 is 10.1 Å². The Morgan fingerprint density at radius 1 is 1.20 bits per heavy atom. The SMILES string of the molecule is c1ccc2c(c1)OCC[C@H]2[C@H]1CCCN1. The summed E-state index contributed by atoms with van der Waals surface area (Å²) in [6.45, 7) is 2.06. The molecule has 0 aromatic heterocycles. The van der Waals surface area contributed by atoms with Crippen molar-refractivity contribution in [1.82, 2.24) is 5.32 Å². The summed E-state index contributed by atoms with van der Waals surface area (Å²) in [5.41, 5.74) is 1.41. The number of fused-ring (bicyclic) bond motifs is 1. The quantitative estimate of drug-likeness (QED) is 0.756. The van der Waals surface area contributed by atoms with E-state index in [1.807, 2.05) is 0 Å². The second-order valence-electron chi connectivity index (χ2n) is 4.48. The largest absolute Gasteiger partial charge is 0.493 e. The van der Waals surface area contributed by atoms with Gasteiger partial charge in [0, 0.05) is 12.0 Å². The maximum Gasteiger partial charge on any atom is 0.122 e. The highest BCUT2D eigenvalue weighted by atomic mass is 16.5. The molecule has 0 amide bonds. The maximum absolute atomic E-state index is 5.69. The van der Waals surface area contributed by atoms with Crippen LogP contribution < -0.4 is 10.1 Å². The number of nitrogens with one attached hydrogen (secondary N) is 1. The monoisotopic (exact) mass is 203 g/mol. The van der Waals surface area contributed by atoms with Crippen molar-refractivity contribution in [1.29, 1.82) is 0 Å². The minimum atomic E-state index is 0.664. The molecule has 15 heavy (non-hydrogen) atoms. The minimum absolute atomic E-state index is 0.664. The van der Waals surface area contributed by atoms with E-state index in [-0.39, 0.29) is 0 Å². The van der Waals surface area contributed by atoms with Crippen molar-refractivity contribution < 1.29 is 4.74 Å². The van der Waals surface area contributed by atoms with Gasteiger partial charge in [-0.3, -0.25) is 0 Å². The number of benzene rings is 1. The van der Waals surface area contributed by atoms with Crippen molar-refractivity contribution in [3.63, 3.8) is 0 Å². The van der Waals surface area contributed by atoms with Crippen molar-refractivity contribution in [3.05, 3.63) is 29.8 Å². The lowest BCUT2D eigenvalue weighted by Gasteiger charge is -2.30. The highest BCUT2D eigenvalue weighted by Crippen LogP contribution is 2.37. The first-order valence-electron chi connectivity index (χ1n) is 5.90. The van der Waals surface area contributed by atoms with Crippen molar-refractivity contribution in [3.8, 4) is 5.75 Å². The number of para-hydroxylation sites is 1. The Kier molecular flexibility index (Phi) is 2.37. The summed E-state index contributed by atoms with van der Waals surface area (Å²) < 4.78 is 5.69. The second-order valence-corrected chi connectivity index (χ2v) is 4.48. The minimum Gasteiger partial charge on any atom is -0.493 e. The van der Waals surface area contributed by atoms with Crippen LogP contribution in [-0.2, 0) is 0 Å². The molecule has 0 saturated carbocycles. The molecule has 80 valence electrons. The third-order valence-electron chi connectivity index (χ3n) is 3.59. The standard InChI is InChI=1S/C13H17NO/c1-2-6-13-11(4-1)10(7-9-15-13)12-5-3-8-14-12/h1-2,4,6,10,12,14H,3,5,7-9H2/t10-,12-/m1/s1. The van der Waals surface area contributed by atoms with E-state index in [2.05, 4.69) is 29.6 Å². The van der Waals surface area contributed by atoms with Gasteiger partial charge in [-0.15, -0.1) is 0 Å². The molecule has 0 spiro atoms. The van der Waals surface area contributed by atoms with Crippen LogP contribution in [0.1, 0.15) is 30.7 Å². The summed E-state index contributed by atoms with van der Waals surface area (Å²) in [4.78, 5) is 0. The molecule has 1 N–H and O–H groups in total. The molecule has 2 aliphatic heterocycles. The summed E-state index contributed by atoms with van der Waals surface area (Å²) in [5, 5.41) is 3.61. The second kappa shape index (κ2) is 3.86. The third kappa shape index (κ3) is 1.63. The summed E-state index contributed by atoms with van der Waals surface area (Å²) in [6.07, 6.45) is 3.80. The molecule has 2 nitrogen and oxygen atoms in total.